The molecule has 0 unspecified atom stereocenters. The summed E-state index contributed by atoms with van der Waals surface area (Å²) in [6.07, 6.45) is 1.67. The number of hydrogen-bond acceptors (Lipinski definition) is 4. The van der Waals surface area contributed by atoms with Gasteiger partial charge in [-0.15, -0.1) is 0 Å². The predicted molar refractivity (Wildman–Crippen MR) is 69.7 cm³/mol. The molecule has 1 fully saturated rings. The lowest BCUT2D eigenvalue weighted by Crippen LogP contribution is -2.50. The first-order valence-corrected chi connectivity index (χ1v) is 6.09. The summed E-state index contributed by atoms with van der Waals surface area (Å²) in [6, 6.07) is 3.60. The van der Waals surface area contributed by atoms with Gasteiger partial charge >= 0.3 is 0 Å². The number of nitrogens with zero attached hydrogens (tertiary/aromatic N) is 2. The fraction of sp³-hybridized carbons (Fsp3) is 0.538. The summed E-state index contributed by atoms with van der Waals surface area (Å²) in [5, 5.41) is 2.98. The minimum Gasteiger partial charge on any atom is -0.387 e. The van der Waals surface area contributed by atoms with Gasteiger partial charge in [-0.3, -0.25) is 4.79 Å². The fourth-order valence-corrected chi connectivity index (χ4v) is 2.02. The first-order chi connectivity index (χ1) is 8.52. The molecule has 0 aromatic carbocycles. The molecule has 0 radical (unpaired) electrons. The molecule has 1 saturated heterocycles. The van der Waals surface area contributed by atoms with E-state index in [0.717, 1.165) is 5.69 Å². The number of rotatable bonds is 2. The van der Waals surface area contributed by atoms with Gasteiger partial charge in [-0.2, -0.15) is 0 Å². The van der Waals surface area contributed by atoms with E-state index in [1.54, 1.807) is 17.2 Å². The Morgan fingerprint density at radius 2 is 2.28 bits per heavy atom. The number of carbonyl (C=O) groups is 1. The molecule has 1 aliphatic heterocycles. The maximum absolute atomic E-state index is 12.3. The van der Waals surface area contributed by atoms with Crippen LogP contribution < -0.4 is 5.32 Å². The molecular weight excluding hydrogens is 230 g/mol. The maximum atomic E-state index is 12.3. The molecule has 0 saturated carbocycles. The average Bonchev–Trinajstić information content (AvgIpc) is 2.37. The van der Waals surface area contributed by atoms with Crippen LogP contribution in [0.3, 0.4) is 0 Å². The number of anilines is 1. The van der Waals surface area contributed by atoms with Crippen LogP contribution in [0, 0.1) is 0 Å². The molecule has 5 nitrogen and oxygen atoms in total. The van der Waals surface area contributed by atoms with E-state index < -0.39 is 0 Å². The van der Waals surface area contributed by atoms with Crippen molar-refractivity contribution in [3.63, 3.8) is 0 Å². The zero-order chi connectivity index (χ0) is 13.2. The number of ether oxygens (including phenoxy) is 1. The molecule has 0 atom stereocenters. The molecule has 1 N–H and O–H groups in total. The molecule has 1 aromatic rings. The van der Waals surface area contributed by atoms with Gasteiger partial charge in [0.05, 0.1) is 24.1 Å². The van der Waals surface area contributed by atoms with E-state index in [0.29, 0.717) is 25.4 Å². The monoisotopic (exact) mass is 249 g/mol. The van der Waals surface area contributed by atoms with E-state index in [-0.39, 0.29) is 11.5 Å². The maximum Gasteiger partial charge on any atom is 0.272 e. The van der Waals surface area contributed by atoms with Gasteiger partial charge in [0.25, 0.3) is 5.91 Å². The minimum absolute atomic E-state index is 0.0333. The predicted octanol–water partition coefficient (Wildman–Crippen LogP) is 1.37. The Morgan fingerprint density at radius 3 is 2.83 bits per heavy atom. The van der Waals surface area contributed by atoms with Crippen LogP contribution in [0.2, 0.25) is 0 Å². The quantitative estimate of drug-likeness (QED) is 0.860. The van der Waals surface area contributed by atoms with Crippen molar-refractivity contribution in [2.24, 2.45) is 0 Å². The Labute approximate surface area is 107 Å². The third-order valence-electron chi connectivity index (χ3n) is 2.98. The number of hydrogen-bond donors (Lipinski definition) is 1. The van der Waals surface area contributed by atoms with Crippen molar-refractivity contribution in [1.82, 2.24) is 9.88 Å². The molecule has 2 rings (SSSR count). The third kappa shape index (κ3) is 2.79. The second-order valence-corrected chi connectivity index (χ2v) is 5.02. The molecule has 0 spiro atoms. The van der Waals surface area contributed by atoms with Gasteiger partial charge in [0.1, 0.15) is 5.69 Å². The Balaban J connectivity index is 2.10. The summed E-state index contributed by atoms with van der Waals surface area (Å²) >= 11 is 0. The topological polar surface area (TPSA) is 54.5 Å². The summed E-state index contributed by atoms with van der Waals surface area (Å²) < 4.78 is 5.59. The number of nitrogens with one attached hydrogen (secondary N) is 1. The highest BCUT2D eigenvalue weighted by Gasteiger charge is 2.30. The van der Waals surface area contributed by atoms with Gasteiger partial charge in [-0.25, -0.2) is 4.98 Å². The molecule has 98 valence electrons. The van der Waals surface area contributed by atoms with E-state index in [9.17, 15) is 4.79 Å². The second kappa shape index (κ2) is 4.94. The number of aromatic nitrogens is 1. The first-order valence-electron chi connectivity index (χ1n) is 6.09. The van der Waals surface area contributed by atoms with E-state index in [2.05, 4.69) is 10.3 Å². The molecule has 1 amide bonds. The van der Waals surface area contributed by atoms with Crippen LogP contribution >= 0.6 is 0 Å². The highest BCUT2D eigenvalue weighted by molar-refractivity contribution is 5.92. The summed E-state index contributed by atoms with van der Waals surface area (Å²) in [4.78, 5) is 18.2. The van der Waals surface area contributed by atoms with E-state index >= 15 is 0 Å². The molecule has 18 heavy (non-hydrogen) atoms. The van der Waals surface area contributed by atoms with Gasteiger partial charge < -0.3 is 15.0 Å². The smallest absolute Gasteiger partial charge is 0.272 e. The Kier molecular flexibility index (Phi) is 3.52. The van der Waals surface area contributed by atoms with Gasteiger partial charge in [0, 0.05) is 20.1 Å². The second-order valence-electron chi connectivity index (χ2n) is 5.02. The van der Waals surface area contributed by atoms with Crippen LogP contribution in [0.4, 0.5) is 5.69 Å². The highest BCUT2D eigenvalue weighted by Crippen LogP contribution is 2.18. The number of morpholine rings is 1. The lowest BCUT2D eigenvalue weighted by Gasteiger charge is -2.37. The van der Waals surface area contributed by atoms with Crippen molar-refractivity contribution >= 4 is 11.6 Å². The molecular formula is C13H19N3O2. The first kappa shape index (κ1) is 12.8. The number of pyridine rings is 1. The van der Waals surface area contributed by atoms with Crippen molar-refractivity contribution in [3.05, 3.63) is 24.0 Å². The standard InChI is InChI=1S/C13H19N3O2/c1-13(2)9-16(6-7-18-13)12(17)11-5-4-10(14-3)8-15-11/h4-5,8,14H,6-7,9H2,1-3H3. The SMILES string of the molecule is CNc1ccc(C(=O)N2CCOC(C)(C)C2)nc1. The van der Waals surface area contributed by atoms with Gasteiger partial charge in [0.2, 0.25) is 0 Å². The van der Waals surface area contributed by atoms with Crippen molar-refractivity contribution < 1.29 is 9.53 Å². The summed E-state index contributed by atoms with van der Waals surface area (Å²) in [7, 11) is 1.82. The Bertz CT molecular complexity index is 428. The minimum atomic E-state index is -0.279. The van der Waals surface area contributed by atoms with Gasteiger partial charge in [-0.05, 0) is 26.0 Å². The van der Waals surface area contributed by atoms with Crippen LogP contribution in [0.5, 0.6) is 0 Å². The summed E-state index contributed by atoms with van der Waals surface area (Å²) in [6.45, 7) is 5.78. The molecule has 5 heteroatoms. The molecule has 0 bridgehead atoms. The van der Waals surface area contributed by atoms with Crippen molar-refractivity contribution in [2.45, 2.75) is 19.4 Å². The van der Waals surface area contributed by atoms with Crippen molar-refractivity contribution in [1.29, 1.82) is 0 Å². The fourth-order valence-electron chi connectivity index (χ4n) is 2.02. The van der Waals surface area contributed by atoms with E-state index in [4.69, 9.17) is 4.74 Å². The normalized spacial score (nSPS) is 18.5. The van der Waals surface area contributed by atoms with Crippen molar-refractivity contribution in [3.8, 4) is 0 Å². The van der Waals surface area contributed by atoms with Crippen LogP contribution in [-0.2, 0) is 4.74 Å². The summed E-state index contributed by atoms with van der Waals surface area (Å²) in [5.74, 6) is -0.0333. The highest BCUT2D eigenvalue weighted by atomic mass is 16.5. The average molecular weight is 249 g/mol. The largest absolute Gasteiger partial charge is 0.387 e. The Hall–Kier alpha value is -1.62. The van der Waals surface area contributed by atoms with Gasteiger partial charge in [0.15, 0.2) is 0 Å². The van der Waals surface area contributed by atoms with Crippen LogP contribution in [0.1, 0.15) is 24.3 Å². The number of amides is 1. The lowest BCUT2D eigenvalue weighted by atomic mass is 10.1. The number of carbonyl (C=O) groups excluding carboxylic acids is 1. The zero-order valence-corrected chi connectivity index (χ0v) is 11.1. The lowest BCUT2D eigenvalue weighted by molar-refractivity contribution is -0.0765. The van der Waals surface area contributed by atoms with Crippen LogP contribution in [0.25, 0.3) is 0 Å². The van der Waals surface area contributed by atoms with Gasteiger partial charge in [-0.1, -0.05) is 0 Å². The molecule has 0 aliphatic carbocycles. The molecule has 1 aliphatic rings. The van der Waals surface area contributed by atoms with E-state index in [1.807, 2.05) is 27.0 Å². The van der Waals surface area contributed by atoms with E-state index in [1.165, 1.54) is 0 Å². The summed E-state index contributed by atoms with van der Waals surface area (Å²) in [5.41, 5.74) is 1.10. The zero-order valence-electron chi connectivity index (χ0n) is 11.1. The molecule has 1 aromatic heterocycles. The van der Waals surface area contributed by atoms with Crippen LogP contribution in [0.15, 0.2) is 18.3 Å². The molecule has 2 heterocycles. The third-order valence-corrected chi connectivity index (χ3v) is 2.98. The Morgan fingerprint density at radius 1 is 1.50 bits per heavy atom. The van der Waals surface area contributed by atoms with Crippen molar-refractivity contribution in [2.75, 3.05) is 32.1 Å². The van der Waals surface area contributed by atoms with Crippen LogP contribution in [-0.4, -0.2) is 48.1 Å².